The first kappa shape index (κ1) is 28.3. The molecule has 2 aliphatic rings. The molecule has 10 nitrogen and oxygen atoms in total. The van der Waals surface area contributed by atoms with Crippen LogP contribution in [0.4, 0.5) is 22.0 Å². The lowest BCUT2D eigenvalue weighted by Crippen LogP contribution is -2.52. The summed E-state index contributed by atoms with van der Waals surface area (Å²) in [4.78, 5) is 33.6. The molecule has 3 heterocycles. The van der Waals surface area contributed by atoms with Gasteiger partial charge >= 0.3 is 6.09 Å². The number of benzene rings is 3. The van der Waals surface area contributed by atoms with Gasteiger partial charge in [-0.05, 0) is 82.0 Å². The molecule has 0 spiro atoms. The number of rotatable bonds is 5. The number of hydrogen-bond donors (Lipinski definition) is 2. The second-order valence-electron chi connectivity index (χ2n) is 12.5. The molecule has 2 aromatic heterocycles. The largest absolute Gasteiger partial charge is 0.444 e. The first-order chi connectivity index (χ1) is 21.6. The minimum atomic E-state index is -0.592. The fourth-order valence-electron chi connectivity index (χ4n) is 6.09. The number of para-hydroxylation sites is 1. The average Bonchev–Trinajstić information content (AvgIpc) is 3.33. The van der Waals surface area contributed by atoms with Crippen LogP contribution in [0.2, 0.25) is 0 Å². The van der Waals surface area contributed by atoms with Gasteiger partial charge in [0.05, 0.1) is 33.2 Å². The highest BCUT2D eigenvalue weighted by molar-refractivity contribution is 5.91. The van der Waals surface area contributed by atoms with E-state index in [1.54, 1.807) is 18.3 Å². The molecule has 5 aromatic rings. The van der Waals surface area contributed by atoms with Crippen molar-refractivity contribution in [2.24, 2.45) is 0 Å². The van der Waals surface area contributed by atoms with E-state index in [1.165, 1.54) is 12.1 Å². The first-order valence-corrected chi connectivity index (χ1v) is 14.9. The highest BCUT2D eigenvalue weighted by atomic mass is 16.6. The number of anilines is 2. The number of nitro groups is 1. The molecule has 1 aliphatic carbocycles. The number of imidazole rings is 1. The number of ether oxygens (including phenoxy) is 1. The van der Waals surface area contributed by atoms with Crippen LogP contribution in [-0.2, 0) is 10.3 Å². The monoisotopic (exact) mass is 600 g/mol. The number of alkyl carbamates (subject to hydrolysis) is 1. The van der Waals surface area contributed by atoms with Crippen molar-refractivity contribution in [2.75, 3.05) is 5.32 Å². The number of non-ortho nitro benzene ring substituents is 1. The lowest BCUT2D eigenvalue weighted by molar-refractivity contribution is -0.384. The van der Waals surface area contributed by atoms with Crippen LogP contribution >= 0.6 is 0 Å². The molecule has 7 rings (SSSR count). The van der Waals surface area contributed by atoms with Crippen molar-refractivity contribution in [3.63, 3.8) is 0 Å². The van der Waals surface area contributed by atoms with E-state index in [-0.39, 0.29) is 5.69 Å². The fourth-order valence-corrected chi connectivity index (χ4v) is 6.09. The summed E-state index contributed by atoms with van der Waals surface area (Å²) >= 11 is 0. The number of hydrogen-bond acceptors (Lipinski definition) is 7. The van der Waals surface area contributed by atoms with Crippen LogP contribution in [0, 0.1) is 10.1 Å². The molecular weight excluding hydrogens is 568 g/mol. The smallest absolute Gasteiger partial charge is 0.408 e. The van der Waals surface area contributed by atoms with Crippen molar-refractivity contribution >= 4 is 23.3 Å². The van der Waals surface area contributed by atoms with Crippen molar-refractivity contribution in [1.29, 1.82) is 0 Å². The van der Waals surface area contributed by atoms with Crippen molar-refractivity contribution in [3.05, 3.63) is 107 Å². The maximum atomic E-state index is 12.8. The summed E-state index contributed by atoms with van der Waals surface area (Å²) in [5, 5.41) is 18.0. The average molecular weight is 601 g/mol. The molecule has 0 bridgehead atoms. The zero-order valence-electron chi connectivity index (χ0n) is 25.2. The van der Waals surface area contributed by atoms with Gasteiger partial charge in [-0.3, -0.25) is 14.7 Å². The molecular formula is C35H32N6O4. The molecule has 45 heavy (non-hydrogen) atoms. The zero-order chi connectivity index (χ0) is 31.3. The lowest BCUT2D eigenvalue weighted by Gasteiger charge is -2.43. The fraction of sp³-hybridized carbons (Fsp3) is 0.229. The molecule has 1 amide bonds. The van der Waals surface area contributed by atoms with E-state index in [0.29, 0.717) is 11.5 Å². The number of nitro benzene ring substituents is 1. The quantitative estimate of drug-likeness (QED) is 0.151. The van der Waals surface area contributed by atoms with Crippen LogP contribution in [-0.4, -0.2) is 31.2 Å². The van der Waals surface area contributed by atoms with Gasteiger partial charge in [0, 0.05) is 35.0 Å². The molecule has 0 atom stereocenters. The summed E-state index contributed by atoms with van der Waals surface area (Å²) < 4.78 is 7.68. The molecule has 0 saturated heterocycles. The minimum absolute atomic E-state index is 0.0119. The molecule has 3 aromatic carbocycles. The number of nitrogens with zero attached hydrogens (tertiary/aromatic N) is 4. The van der Waals surface area contributed by atoms with Gasteiger partial charge in [0.15, 0.2) is 5.82 Å². The third-order valence-electron chi connectivity index (χ3n) is 8.34. The Bertz CT molecular complexity index is 1940. The Morgan fingerprint density at radius 1 is 0.978 bits per heavy atom. The van der Waals surface area contributed by atoms with Crippen molar-refractivity contribution < 1.29 is 14.5 Å². The summed E-state index contributed by atoms with van der Waals surface area (Å²) in [5.41, 5.74) is 5.68. The van der Waals surface area contributed by atoms with Gasteiger partial charge in [-0.15, -0.1) is 0 Å². The van der Waals surface area contributed by atoms with Gasteiger partial charge in [-0.2, -0.15) is 0 Å². The number of carbonyl (C=O) groups is 1. The molecule has 1 aliphatic heterocycles. The number of nitrogens with one attached hydrogen (secondary N) is 2. The van der Waals surface area contributed by atoms with Gasteiger partial charge < -0.3 is 15.4 Å². The van der Waals surface area contributed by atoms with Crippen molar-refractivity contribution in [1.82, 2.24) is 19.9 Å². The SMILES string of the molecule is CC(C)(C)OC(=O)NC1(c2ccc(-c3c(-c4ccc([N+](=O)[O-])cc4)nc4n3-c3cccnc3Nc3ccccc3-4)cc2)CCC1. The van der Waals surface area contributed by atoms with Gasteiger partial charge in [0.2, 0.25) is 0 Å². The molecule has 2 N–H and O–H groups in total. The maximum absolute atomic E-state index is 12.8. The van der Waals surface area contributed by atoms with Gasteiger partial charge in [0.25, 0.3) is 5.69 Å². The Kier molecular flexibility index (Phi) is 6.65. The Balaban J connectivity index is 1.39. The van der Waals surface area contributed by atoms with E-state index in [4.69, 9.17) is 9.72 Å². The number of carbonyl (C=O) groups excluding carboxylic acids is 1. The van der Waals surface area contributed by atoms with Crippen LogP contribution in [0.15, 0.2) is 91.1 Å². The third-order valence-corrected chi connectivity index (χ3v) is 8.34. The van der Waals surface area contributed by atoms with E-state index in [2.05, 4.69) is 32.3 Å². The Labute approximate surface area is 260 Å². The summed E-state index contributed by atoms with van der Waals surface area (Å²) in [5.74, 6) is 1.41. The molecule has 10 heteroatoms. The second-order valence-corrected chi connectivity index (χ2v) is 12.5. The first-order valence-electron chi connectivity index (χ1n) is 14.9. The molecule has 1 saturated carbocycles. The predicted molar refractivity (Wildman–Crippen MR) is 173 cm³/mol. The third kappa shape index (κ3) is 5.08. The number of pyridine rings is 1. The molecule has 0 unspecified atom stereocenters. The summed E-state index contributed by atoms with van der Waals surface area (Å²) in [7, 11) is 0. The number of aromatic nitrogens is 3. The van der Waals surface area contributed by atoms with Crippen LogP contribution in [0.25, 0.3) is 39.6 Å². The molecule has 226 valence electrons. The van der Waals surface area contributed by atoms with E-state index in [0.717, 1.165) is 64.4 Å². The second kappa shape index (κ2) is 10.6. The minimum Gasteiger partial charge on any atom is -0.444 e. The normalized spacial score (nSPS) is 14.5. The lowest BCUT2D eigenvalue weighted by atomic mass is 9.71. The number of fused-ring (bicyclic) bond motifs is 5. The highest BCUT2D eigenvalue weighted by Gasteiger charge is 2.41. The summed E-state index contributed by atoms with van der Waals surface area (Å²) in [6.45, 7) is 5.56. The van der Waals surface area contributed by atoms with Crippen molar-refractivity contribution in [3.8, 4) is 39.6 Å². The Hall–Kier alpha value is -5.51. The highest BCUT2D eigenvalue weighted by Crippen LogP contribution is 2.46. The van der Waals surface area contributed by atoms with Crippen LogP contribution in [0.3, 0.4) is 0 Å². The van der Waals surface area contributed by atoms with Gasteiger partial charge in [-0.1, -0.05) is 36.4 Å². The topological polar surface area (TPSA) is 124 Å². The number of amides is 1. The molecule has 0 radical (unpaired) electrons. The van der Waals surface area contributed by atoms with E-state index in [1.807, 2.05) is 69.3 Å². The van der Waals surface area contributed by atoms with Gasteiger partial charge in [0.1, 0.15) is 11.4 Å². The predicted octanol–water partition coefficient (Wildman–Crippen LogP) is 8.14. The van der Waals surface area contributed by atoms with Crippen LogP contribution in [0.1, 0.15) is 45.6 Å². The molecule has 1 fully saturated rings. The standard InChI is InChI=1S/C35H32N6O4/c1-34(2,3)45-33(42)39-35(19-7-20-35)24-15-11-23(12-16-24)30-29(22-13-17-25(18-14-22)41(43)44)38-32-26-8-4-5-9-27(26)37-31-28(40(30)32)10-6-21-36-31/h4-6,8-18,21H,7,19-20H2,1-3H3,(H,36,37)(H,39,42). The van der Waals surface area contributed by atoms with Crippen LogP contribution in [0.5, 0.6) is 0 Å². The summed E-state index contributed by atoms with van der Waals surface area (Å²) in [6.07, 6.45) is 3.97. The van der Waals surface area contributed by atoms with E-state index >= 15 is 0 Å². The Morgan fingerprint density at radius 2 is 1.69 bits per heavy atom. The van der Waals surface area contributed by atoms with Crippen LogP contribution < -0.4 is 10.6 Å². The zero-order valence-corrected chi connectivity index (χ0v) is 25.2. The van der Waals surface area contributed by atoms with E-state index < -0.39 is 22.2 Å². The maximum Gasteiger partial charge on any atom is 0.408 e. The van der Waals surface area contributed by atoms with E-state index in [9.17, 15) is 14.9 Å². The van der Waals surface area contributed by atoms with Gasteiger partial charge in [-0.25, -0.2) is 14.8 Å². The van der Waals surface area contributed by atoms with Crippen molar-refractivity contribution in [2.45, 2.75) is 51.2 Å². The summed E-state index contributed by atoms with van der Waals surface area (Å²) in [6, 6.07) is 26.5. The Morgan fingerprint density at radius 3 is 2.36 bits per heavy atom.